The van der Waals surface area contributed by atoms with Gasteiger partial charge in [-0.05, 0) is 56.9 Å². The molecule has 4 amide bonds. The molecule has 3 aliphatic rings. The van der Waals surface area contributed by atoms with Crippen molar-refractivity contribution in [2.24, 2.45) is 16.7 Å². The van der Waals surface area contributed by atoms with Crippen LogP contribution < -0.4 is 5.32 Å². The van der Waals surface area contributed by atoms with Gasteiger partial charge in [-0.15, -0.1) is 0 Å². The molecule has 7 nitrogen and oxygen atoms in total. The van der Waals surface area contributed by atoms with Crippen molar-refractivity contribution in [1.82, 2.24) is 20.0 Å². The van der Waals surface area contributed by atoms with Gasteiger partial charge >= 0.3 is 6.03 Å². The van der Waals surface area contributed by atoms with Gasteiger partial charge in [-0.3, -0.25) is 9.59 Å². The average Bonchev–Trinajstić information content (AvgIpc) is 3.53. The Bertz CT molecular complexity index is 1030. The molecule has 4 rings (SSSR count). The quantitative estimate of drug-likeness (QED) is 0.561. The number of hydrogen-bond donors (Lipinski definition) is 1. The highest BCUT2D eigenvalue weighted by Crippen LogP contribution is 2.40. The van der Waals surface area contributed by atoms with Crippen molar-refractivity contribution in [2.45, 2.75) is 98.6 Å². The van der Waals surface area contributed by atoms with Gasteiger partial charge in [0.1, 0.15) is 0 Å². The van der Waals surface area contributed by atoms with Gasteiger partial charge in [-0.25, -0.2) is 4.79 Å². The molecule has 0 aromatic heterocycles. The van der Waals surface area contributed by atoms with Gasteiger partial charge in [0.2, 0.25) is 11.8 Å². The summed E-state index contributed by atoms with van der Waals surface area (Å²) in [4.78, 5) is 46.5. The minimum atomic E-state index is -0.459. The molecule has 39 heavy (non-hydrogen) atoms. The minimum absolute atomic E-state index is 0.0346. The lowest BCUT2D eigenvalue weighted by atomic mass is 9.74. The molecule has 0 spiro atoms. The van der Waals surface area contributed by atoms with E-state index in [9.17, 15) is 14.4 Å². The van der Waals surface area contributed by atoms with E-state index in [0.717, 1.165) is 37.7 Å². The monoisotopic (exact) mass is 538 g/mol. The van der Waals surface area contributed by atoms with E-state index in [2.05, 4.69) is 55.3 Å². The van der Waals surface area contributed by atoms with Crippen molar-refractivity contribution in [3.63, 3.8) is 0 Å². The Morgan fingerprint density at radius 3 is 2.18 bits per heavy atom. The first kappa shape index (κ1) is 29.4. The number of nitrogens with one attached hydrogen (secondary N) is 1. The molecular weight excluding hydrogens is 488 g/mol. The van der Waals surface area contributed by atoms with Crippen LogP contribution in [0.15, 0.2) is 24.3 Å². The summed E-state index contributed by atoms with van der Waals surface area (Å²) in [5, 5.41) is 2.91. The van der Waals surface area contributed by atoms with Crippen LogP contribution in [0.1, 0.15) is 90.7 Å². The lowest BCUT2D eigenvalue weighted by Gasteiger charge is -2.45. The minimum Gasteiger partial charge on any atom is -0.340 e. The number of hydrogen-bond acceptors (Lipinski definition) is 3. The zero-order valence-electron chi connectivity index (χ0n) is 25.3. The molecule has 1 aromatic carbocycles. The van der Waals surface area contributed by atoms with E-state index in [-0.39, 0.29) is 41.8 Å². The van der Waals surface area contributed by atoms with Crippen LogP contribution in [0.2, 0.25) is 0 Å². The molecule has 3 fully saturated rings. The van der Waals surface area contributed by atoms with Crippen LogP contribution in [-0.2, 0) is 9.59 Å². The molecule has 1 aliphatic carbocycles. The first-order chi connectivity index (χ1) is 18.3. The zero-order chi connectivity index (χ0) is 28.5. The molecule has 1 saturated carbocycles. The highest BCUT2D eigenvalue weighted by Gasteiger charge is 2.46. The standard InChI is InChI=1S/C32H50N4O3/c1-8-33-30(39)35-20-26(23-11-9-22(2)10-12-23)27(21-35)28(37)34-18-15-25(19-34)36(29(38)31(3,4)5)24-13-16-32(6,7)17-14-24/h9-12,24-27H,8,13-21H2,1-7H3,(H,33,39)/t25-,26-,27+/m0/s1. The van der Waals surface area contributed by atoms with E-state index in [4.69, 9.17) is 0 Å². The molecule has 2 saturated heterocycles. The Labute approximate surface area is 235 Å². The smallest absolute Gasteiger partial charge is 0.317 e. The van der Waals surface area contributed by atoms with Crippen LogP contribution >= 0.6 is 0 Å². The van der Waals surface area contributed by atoms with Crippen LogP contribution in [0.5, 0.6) is 0 Å². The SMILES string of the molecule is CCNC(=O)N1C[C@@H](C(=O)N2CC[C@H](N(C(=O)C(C)(C)C)C3CCC(C)(C)CC3)C2)[C@H](c2ccc(C)cc2)C1. The van der Waals surface area contributed by atoms with Gasteiger partial charge in [0.15, 0.2) is 0 Å². The zero-order valence-corrected chi connectivity index (χ0v) is 25.3. The Morgan fingerprint density at radius 1 is 0.949 bits per heavy atom. The second kappa shape index (κ2) is 11.5. The maximum Gasteiger partial charge on any atom is 0.317 e. The fourth-order valence-corrected chi connectivity index (χ4v) is 6.72. The van der Waals surface area contributed by atoms with Gasteiger partial charge in [-0.1, -0.05) is 64.4 Å². The van der Waals surface area contributed by atoms with E-state index in [1.165, 1.54) is 5.56 Å². The molecular formula is C32H50N4O3. The molecule has 0 unspecified atom stereocenters. The van der Waals surface area contributed by atoms with Crippen molar-refractivity contribution in [2.75, 3.05) is 32.7 Å². The summed E-state index contributed by atoms with van der Waals surface area (Å²) in [6.45, 7) is 17.4. The van der Waals surface area contributed by atoms with E-state index in [0.29, 0.717) is 38.1 Å². The summed E-state index contributed by atoms with van der Waals surface area (Å²) in [6, 6.07) is 8.55. The Hall–Kier alpha value is -2.57. The lowest BCUT2D eigenvalue weighted by Crippen LogP contribution is -2.54. The summed E-state index contributed by atoms with van der Waals surface area (Å²) < 4.78 is 0. The maximum atomic E-state index is 14.1. The number of benzene rings is 1. The molecule has 7 heteroatoms. The molecule has 216 valence electrons. The van der Waals surface area contributed by atoms with Gasteiger partial charge in [-0.2, -0.15) is 0 Å². The van der Waals surface area contributed by atoms with E-state index < -0.39 is 5.41 Å². The highest BCUT2D eigenvalue weighted by atomic mass is 16.2. The van der Waals surface area contributed by atoms with Crippen LogP contribution in [0, 0.1) is 23.7 Å². The summed E-state index contributed by atoms with van der Waals surface area (Å²) in [7, 11) is 0. The number of amides is 4. The number of carbonyl (C=O) groups is 3. The highest BCUT2D eigenvalue weighted by molar-refractivity contribution is 5.84. The number of aryl methyl sites for hydroxylation is 1. The fourth-order valence-electron chi connectivity index (χ4n) is 6.72. The topological polar surface area (TPSA) is 73.0 Å². The van der Waals surface area contributed by atoms with E-state index in [1.54, 1.807) is 4.90 Å². The van der Waals surface area contributed by atoms with Crippen molar-refractivity contribution in [3.05, 3.63) is 35.4 Å². The molecule has 2 aliphatic heterocycles. The third-order valence-corrected chi connectivity index (χ3v) is 9.20. The number of likely N-dealkylation sites (tertiary alicyclic amines) is 2. The predicted molar refractivity (Wildman–Crippen MR) is 155 cm³/mol. The number of rotatable bonds is 5. The van der Waals surface area contributed by atoms with Crippen molar-refractivity contribution < 1.29 is 14.4 Å². The summed E-state index contributed by atoms with van der Waals surface area (Å²) in [6.07, 6.45) is 5.11. The first-order valence-corrected chi connectivity index (χ1v) is 15.0. The normalized spacial score (nSPS) is 25.6. The Kier molecular flexibility index (Phi) is 8.67. The lowest BCUT2D eigenvalue weighted by molar-refractivity contribution is -0.146. The number of carbonyl (C=O) groups excluding carboxylic acids is 3. The third-order valence-electron chi connectivity index (χ3n) is 9.20. The van der Waals surface area contributed by atoms with Crippen LogP contribution in [0.4, 0.5) is 4.79 Å². The van der Waals surface area contributed by atoms with Crippen molar-refractivity contribution in [3.8, 4) is 0 Å². The van der Waals surface area contributed by atoms with E-state index >= 15 is 0 Å². The molecule has 1 aromatic rings. The van der Waals surface area contributed by atoms with Gasteiger partial charge in [0.05, 0.1) is 12.0 Å². The average molecular weight is 539 g/mol. The fraction of sp³-hybridized carbons (Fsp3) is 0.719. The van der Waals surface area contributed by atoms with Gasteiger partial charge < -0.3 is 20.0 Å². The van der Waals surface area contributed by atoms with Crippen LogP contribution in [0.3, 0.4) is 0 Å². The second-order valence-corrected chi connectivity index (χ2v) is 13.9. The Morgan fingerprint density at radius 2 is 1.59 bits per heavy atom. The molecule has 1 N–H and O–H groups in total. The Balaban J connectivity index is 1.53. The molecule has 2 heterocycles. The predicted octanol–water partition coefficient (Wildman–Crippen LogP) is 5.18. The van der Waals surface area contributed by atoms with Gasteiger partial charge in [0, 0.05) is 50.1 Å². The second-order valence-electron chi connectivity index (χ2n) is 13.9. The van der Waals surface area contributed by atoms with Crippen LogP contribution in [-0.4, -0.2) is 77.4 Å². The first-order valence-electron chi connectivity index (χ1n) is 15.0. The van der Waals surface area contributed by atoms with Crippen molar-refractivity contribution >= 4 is 17.8 Å². The van der Waals surface area contributed by atoms with E-state index in [1.807, 2.05) is 32.6 Å². The maximum absolute atomic E-state index is 14.1. The molecule has 3 atom stereocenters. The van der Waals surface area contributed by atoms with Gasteiger partial charge in [0.25, 0.3) is 0 Å². The summed E-state index contributed by atoms with van der Waals surface area (Å²) in [5.41, 5.74) is 2.15. The largest absolute Gasteiger partial charge is 0.340 e. The summed E-state index contributed by atoms with van der Waals surface area (Å²) >= 11 is 0. The molecule has 0 bridgehead atoms. The number of urea groups is 1. The third kappa shape index (κ3) is 6.60. The number of nitrogens with zero attached hydrogens (tertiary/aromatic N) is 3. The summed E-state index contributed by atoms with van der Waals surface area (Å²) in [5.74, 6) is -0.000856. The van der Waals surface area contributed by atoms with Crippen molar-refractivity contribution in [1.29, 1.82) is 0 Å². The molecule has 0 radical (unpaired) electrons. The van der Waals surface area contributed by atoms with Crippen LogP contribution in [0.25, 0.3) is 0 Å².